The van der Waals surface area contributed by atoms with Gasteiger partial charge >= 0.3 is 5.69 Å². The van der Waals surface area contributed by atoms with Crippen LogP contribution in [0.15, 0.2) is 53.7 Å². The lowest BCUT2D eigenvalue weighted by Gasteiger charge is -2.26. The summed E-state index contributed by atoms with van der Waals surface area (Å²) in [6.45, 7) is 0.392. The van der Waals surface area contributed by atoms with Crippen molar-refractivity contribution in [3.63, 3.8) is 0 Å². The van der Waals surface area contributed by atoms with Crippen molar-refractivity contribution >= 4 is 22.2 Å². The zero-order chi connectivity index (χ0) is 21.8. The molecule has 0 bridgehead atoms. The molecule has 4 heterocycles. The molecule has 0 radical (unpaired) electrons. The molecule has 0 saturated carbocycles. The smallest absolute Gasteiger partial charge is 0.328 e. The lowest BCUT2D eigenvalue weighted by Crippen LogP contribution is -2.28. The lowest BCUT2D eigenvalue weighted by molar-refractivity contribution is 0.255. The first-order chi connectivity index (χ1) is 15.6. The molecule has 1 aliphatic rings. The summed E-state index contributed by atoms with van der Waals surface area (Å²) >= 11 is 0. The van der Waals surface area contributed by atoms with E-state index >= 15 is 0 Å². The molecule has 2 aromatic carbocycles. The molecule has 1 N–H and O–H groups in total. The molecule has 0 spiro atoms. The van der Waals surface area contributed by atoms with Crippen molar-refractivity contribution in [1.29, 1.82) is 5.26 Å². The average molecular weight is 427 g/mol. The number of halogens is 1. The summed E-state index contributed by atoms with van der Waals surface area (Å²) < 4.78 is 22.8. The monoisotopic (exact) mass is 427 g/mol. The second kappa shape index (κ2) is 6.75. The summed E-state index contributed by atoms with van der Waals surface area (Å²) in [6.07, 6.45) is 3.59. The maximum atomic E-state index is 14.0. The normalized spacial score (nSPS) is 15.4. The second-order valence-electron chi connectivity index (χ2n) is 7.47. The van der Waals surface area contributed by atoms with Crippen LogP contribution < -0.4 is 10.4 Å². The maximum absolute atomic E-state index is 14.0. The van der Waals surface area contributed by atoms with Crippen molar-refractivity contribution in [2.24, 2.45) is 0 Å². The number of ether oxygens (including phenoxy) is 1. The number of benzene rings is 2. The third-order valence-corrected chi connectivity index (χ3v) is 5.63. The first-order valence-electron chi connectivity index (χ1n) is 9.89. The number of imidazole rings is 2. The summed E-state index contributed by atoms with van der Waals surface area (Å²) in [5.41, 5.74) is 2.92. The zero-order valence-electron chi connectivity index (χ0n) is 16.5. The zero-order valence-corrected chi connectivity index (χ0v) is 16.5. The van der Waals surface area contributed by atoms with Gasteiger partial charge in [-0.3, -0.25) is 9.13 Å². The fourth-order valence-corrected chi connectivity index (χ4v) is 4.16. The van der Waals surface area contributed by atoms with Gasteiger partial charge in [-0.05, 0) is 36.4 Å². The van der Waals surface area contributed by atoms with Crippen LogP contribution in [0.4, 0.5) is 4.39 Å². The highest BCUT2D eigenvalue weighted by Crippen LogP contribution is 2.35. The van der Waals surface area contributed by atoms with Gasteiger partial charge in [-0.25, -0.2) is 19.2 Å². The van der Waals surface area contributed by atoms with Crippen LogP contribution in [-0.4, -0.2) is 35.7 Å². The molecule has 156 valence electrons. The van der Waals surface area contributed by atoms with Crippen LogP contribution in [0.2, 0.25) is 0 Å². The molecule has 0 fully saturated rings. The van der Waals surface area contributed by atoms with E-state index in [-0.39, 0.29) is 5.69 Å². The molecule has 32 heavy (non-hydrogen) atoms. The van der Waals surface area contributed by atoms with Gasteiger partial charge in [-0.1, -0.05) is 0 Å². The highest BCUT2D eigenvalue weighted by atomic mass is 19.1. The minimum Gasteiger partial charge on any atom is -0.493 e. The van der Waals surface area contributed by atoms with Gasteiger partial charge in [0.25, 0.3) is 0 Å². The fraction of sp³-hybridized carbons (Fsp3) is 0.136. The predicted octanol–water partition coefficient (Wildman–Crippen LogP) is 2.84. The number of nitrogens with one attached hydrogen (secondary N) is 1. The predicted molar refractivity (Wildman–Crippen MR) is 112 cm³/mol. The highest BCUT2D eigenvalue weighted by Gasteiger charge is 2.27. The van der Waals surface area contributed by atoms with E-state index in [0.29, 0.717) is 58.0 Å². The van der Waals surface area contributed by atoms with Gasteiger partial charge < -0.3 is 9.72 Å². The van der Waals surface area contributed by atoms with Gasteiger partial charge in [0.15, 0.2) is 5.65 Å². The number of aromatic amines is 1. The topological polar surface area (TPSA) is 114 Å². The Labute approximate surface area is 179 Å². The van der Waals surface area contributed by atoms with E-state index in [1.165, 1.54) is 22.9 Å². The number of rotatable bonds is 2. The van der Waals surface area contributed by atoms with E-state index in [4.69, 9.17) is 4.74 Å². The van der Waals surface area contributed by atoms with Crippen molar-refractivity contribution in [3.8, 4) is 17.8 Å². The molecule has 9 nitrogen and oxygen atoms in total. The second-order valence-corrected chi connectivity index (χ2v) is 7.47. The van der Waals surface area contributed by atoms with Gasteiger partial charge in [0.05, 0.1) is 41.5 Å². The Hall–Kier alpha value is -4.52. The van der Waals surface area contributed by atoms with Crippen LogP contribution >= 0.6 is 0 Å². The summed E-state index contributed by atoms with van der Waals surface area (Å²) in [5.74, 6) is 0.442. The van der Waals surface area contributed by atoms with Crippen molar-refractivity contribution in [2.75, 3.05) is 6.61 Å². The summed E-state index contributed by atoms with van der Waals surface area (Å²) in [6, 6.07) is 11.1. The van der Waals surface area contributed by atoms with E-state index < -0.39 is 11.9 Å². The molecule has 6 rings (SSSR count). The first kappa shape index (κ1) is 18.3. The summed E-state index contributed by atoms with van der Waals surface area (Å²) in [5, 5.41) is 9.23. The number of aromatic nitrogens is 6. The number of fused-ring (bicyclic) bond motifs is 3. The van der Waals surface area contributed by atoms with Crippen LogP contribution in [0.3, 0.4) is 0 Å². The Morgan fingerprint density at radius 3 is 3.00 bits per heavy atom. The van der Waals surface area contributed by atoms with Gasteiger partial charge in [-0.15, -0.1) is 0 Å². The van der Waals surface area contributed by atoms with E-state index in [0.717, 1.165) is 0 Å². The molecule has 0 aliphatic carbocycles. The fourth-order valence-electron chi connectivity index (χ4n) is 4.16. The molecule has 0 saturated heterocycles. The molecule has 10 heteroatoms. The number of hydrogen-bond donors (Lipinski definition) is 1. The third kappa shape index (κ3) is 2.68. The minimum absolute atomic E-state index is 0.300. The van der Waals surface area contributed by atoms with E-state index in [9.17, 15) is 14.4 Å². The molecule has 5 aromatic rings. The maximum Gasteiger partial charge on any atom is 0.328 e. The molecular weight excluding hydrogens is 413 g/mol. The van der Waals surface area contributed by atoms with Gasteiger partial charge in [-0.2, -0.15) is 10.2 Å². The Morgan fingerprint density at radius 2 is 2.12 bits per heavy atom. The Balaban J connectivity index is 1.55. The average Bonchev–Trinajstić information content (AvgIpc) is 3.37. The summed E-state index contributed by atoms with van der Waals surface area (Å²) in [7, 11) is 0. The summed E-state index contributed by atoms with van der Waals surface area (Å²) in [4.78, 5) is 29.0. The molecule has 0 amide bonds. The highest BCUT2D eigenvalue weighted by molar-refractivity contribution is 5.79. The number of nitrogens with zero attached hydrogens (tertiary/aromatic N) is 6. The van der Waals surface area contributed by atoms with Gasteiger partial charge in [0.2, 0.25) is 5.95 Å². The standard InChI is InChI=1S/C22H14FN7O2/c23-13-2-4-19-14(8-13)17(5-6-32-19)30-20-16(27-22(30)31)10-25-21(28-20)29-11-26-15-3-1-12(9-24)7-18(15)29/h1-4,7-8,10-11,17H,5-6H2,(H,27,31)/t17-/m1/s1. The Kier molecular flexibility index (Phi) is 3.85. The van der Waals surface area contributed by atoms with Crippen molar-refractivity contribution < 1.29 is 9.13 Å². The number of hydrogen-bond acceptors (Lipinski definition) is 6. The van der Waals surface area contributed by atoms with Crippen LogP contribution in [0.1, 0.15) is 23.6 Å². The quantitative estimate of drug-likeness (QED) is 0.463. The Bertz CT molecular complexity index is 1630. The largest absolute Gasteiger partial charge is 0.493 e. The van der Waals surface area contributed by atoms with Crippen LogP contribution in [-0.2, 0) is 0 Å². The minimum atomic E-state index is -0.442. The number of nitriles is 1. The van der Waals surface area contributed by atoms with Crippen LogP contribution in [0.25, 0.3) is 28.1 Å². The van der Waals surface area contributed by atoms with Crippen molar-refractivity contribution in [2.45, 2.75) is 12.5 Å². The Morgan fingerprint density at radius 1 is 1.22 bits per heavy atom. The first-order valence-corrected chi connectivity index (χ1v) is 9.89. The van der Waals surface area contributed by atoms with Gasteiger partial charge in [0, 0.05) is 12.0 Å². The van der Waals surface area contributed by atoms with E-state index in [2.05, 4.69) is 26.0 Å². The van der Waals surface area contributed by atoms with Crippen LogP contribution in [0, 0.1) is 17.1 Å². The molecule has 3 aromatic heterocycles. The van der Waals surface area contributed by atoms with E-state index in [1.807, 2.05) is 0 Å². The van der Waals surface area contributed by atoms with Gasteiger partial charge in [0.1, 0.15) is 23.4 Å². The lowest BCUT2D eigenvalue weighted by atomic mass is 10.00. The molecular formula is C22H14FN7O2. The van der Waals surface area contributed by atoms with E-state index in [1.54, 1.807) is 35.2 Å². The molecule has 1 atom stereocenters. The molecule has 0 unspecified atom stereocenters. The van der Waals surface area contributed by atoms with Crippen molar-refractivity contribution in [1.82, 2.24) is 29.1 Å². The third-order valence-electron chi connectivity index (χ3n) is 5.63. The SMILES string of the molecule is N#Cc1ccc2ncn(-c3ncc4[nH]c(=O)n([C@@H]5CCOc6ccc(F)cc65)c4n3)c2c1. The van der Waals surface area contributed by atoms with Crippen molar-refractivity contribution in [3.05, 3.63) is 76.4 Å². The van der Waals surface area contributed by atoms with Crippen LogP contribution in [0.5, 0.6) is 5.75 Å². The molecule has 1 aliphatic heterocycles. The number of H-pyrrole nitrogens is 1.